The van der Waals surface area contributed by atoms with Gasteiger partial charge in [0.25, 0.3) is 0 Å². The van der Waals surface area contributed by atoms with E-state index in [4.69, 9.17) is 11.6 Å². The van der Waals surface area contributed by atoms with Crippen LogP contribution in [-0.4, -0.2) is 17.5 Å². The van der Waals surface area contributed by atoms with Crippen molar-refractivity contribution in [2.45, 2.75) is 12.6 Å². The summed E-state index contributed by atoms with van der Waals surface area (Å²) >= 11 is 7.53. The maximum atomic E-state index is 13.4. The topological polar surface area (TPSA) is 57.6 Å². The molecule has 7 heteroatoms. The summed E-state index contributed by atoms with van der Waals surface area (Å²) in [6.45, 7) is 6.82. The van der Waals surface area contributed by atoms with Gasteiger partial charge in [0.2, 0.25) is 13.3 Å². The number of hydrogen-bond donors (Lipinski definition) is 1. The first-order valence-electron chi connectivity index (χ1n) is 8.22. The Labute approximate surface area is 167 Å². The van der Waals surface area contributed by atoms with Crippen LogP contribution in [-0.2, 0) is 9.36 Å². The predicted octanol–water partition coefficient (Wildman–Crippen LogP) is 5.98. The number of fused-ring (bicyclic) bond motifs is 1. The minimum absolute atomic E-state index is 0.493. The fourth-order valence-electron chi connectivity index (χ4n) is 3.10. The number of anilines is 1. The molecule has 2 aromatic carbocycles. The molecule has 3 rings (SSSR count). The van der Waals surface area contributed by atoms with Gasteiger partial charge in [0, 0.05) is 22.6 Å². The van der Waals surface area contributed by atoms with Crippen LogP contribution in [0.25, 0.3) is 10.1 Å². The van der Waals surface area contributed by atoms with E-state index in [9.17, 15) is 14.3 Å². The van der Waals surface area contributed by atoms with Crippen molar-refractivity contribution in [3.8, 4) is 0 Å². The summed E-state index contributed by atoms with van der Waals surface area (Å²) in [7, 11) is -3.82. The van der Waals surface area contributed by atoms with E-state index in [1.807, 2.05) is 31.2 Å². The highest BCUT2D eigenvalue weighted by Crippen LogP contribution is 2.55. The number of amides is 1. The van der Waals surface area contributed by atoms with Gasteiger partial charge in [-0.1, -0.05) is 36.4 Å². The third kappa shape index (κ3) is 3.87. The Morgan fingerprint density at radius 1 is 1.33 bits per heavy atom. The van der Waals surface area contributed by atoms with Crippen LogP contribution in [0.3, 0.4) is 0 Å². The molecule has 27 heavy (non-hydrogen) atoms. The first kappa shape index (κ1) is 19.8. The van der Waals surface area contributed by atoms with Crippen molar-refractivity contribution in [3.05, 3.63) is 76.8 Å². The lowest BCUT2D eigenvalue weighted by Crippen LogP contribution is -2.31. The lowest BCUT2D eigenvalue weighted by Gasteiger charge is -2.27. The molecule has 0 aliphatic heterocycles. The number of halogens is 1. The molecule has 0 saturated carbocycles. The molecule has 2 atom stereocenters. The number of carbonyl (C=O) groups excluding carboxylic acids is 1. The predicted molar refractivity (Wildman–Crippen MR) is 114 cm³/mol. The molecule has 1 aromatic heterocycles. The number of aryl methyl sites for hydroxylation is 1. The van der Waals surface area contributed by atoms with Gasteiger partial charge in [-0.05, 0) is 53.1 Å². The highest BCUT2D eigenvalue weighted by atomic mass is 35.5. The van der Waals surface area contributed by atoms with Crippen LogP contribution in [0.5, 0.6) is 0 Å². The number of nitrogens with zero attached hydrogens (tertiary/aromatic N) is 1. The van der Waals surface area contributed by atoms with E-state index in [1.165, 1.54) is 29.1 Å². The van der Waals surface area contributed by atoms with Gasteiger partial charge in [-0.25, -0.2) is 0 Å². The normalized spacial score (nSPS) is 14.5. The standard InChI is InChI=1S/C20H19ClNO3PS/c1-4-22(17-8-6-5-7-13(17)2)20(23)19(26(3,24)25)16-12-27-18-10-9-14(21)11-15(16)18/h4-12,19H,1H2,2-3H3,(H,24,25). The monoisotopic (exact) mass is 419 g/mol. The molecule has 0 bridgehead atoms. The molecule has 0 radical (unpaired) electrons. The molecule has 2 unspecified atom stereocenters. The van der Waals surface area contributed by atoms with E-state index in [0.717, 1.165) is 15.6 Å². The first-order chi connectivity index (χ1) is 12.7. The summed E-state index contributed by atoms with van der Waals surface area (Å²) in [5.74, 6) is -0.493. The van der Waals surface area contributed by atoms with Crippen molar-refractivity contribution in [1.82, 2.24) is 0 Å². The SMILES string of the molecule is C=CN(C(=O)C(c1csc2ccc(Cl)cc12)P(C)(=O)O)c1ccccc1C. The number of hydrogen-bond acceptors (Lipinski definition) is 3. The number of thiophene rings is 1. The van der Waals surface area contributed by atoms with Crippen molar-refractivity contribution in [2.75, 3.05) is 11.6 Å². The van der Waals surface area contributed by atoms with E-state index in [0.29, 0.717) is 16.3 Å². The quantitative estimate of drug-likeness (QED) is 0.517. The minimum Gasteiger partial charge on any atom is -0.344 e. The Balaban J connectivity index is 2.16. The minimum atomic E-state index is -3.82. The number of para-hydroxylation sites is 1. The largest absolute Gasteiger partial charge is 0.344 e. The second kappa shape index (κ2) is 7.61. The molecule has 1 heterocycles. The van der Waals surface area contributed by atoms with Gasteiger partial charge in [-0.3, -0.25) is 14.3 Å². The average molecular weight is 420 g/mol. The van der Waals surface area contributed by atoms with E-state index in [2.05, 4.69) is 6.58 Å². The average Bonchev–Trinajstić information content (AvgIpc) is 2.99. The van der Waals surface area contributed by atoms with E-state index in [-0.39, 0.29) is 0 Å². The van der Waals surface area contributed by atoms with Gasteiger partial charge in [0.1, 0.15) is 5.66 Å². The Bertz CT molecular complexity index is 1070. The zero-order valence-electron chi connectivity index (χ0n) is 14.9. The van der Waals surface area contributed by atoms with Gasteiger partial charge >= 0.3 is 0 Å². The molecule has 0 saturated heterocycles. The van der Waals surface area contributed by atoms with Crippen molar-refractivity contribution in [3.63, 3.8) is 0 Å². The summed E-state index contributed by atoms with van der Waals surface area (Å²) in [5.41, 5.74) is 0.804. The van der Waals surface area contributed by atoms with Crippen LogP contribution in [0.4, 0.5) is 5.69 Å². The number of carbonyl (C=O) groups is 1. The van der Waals surface area contributed by atoms with Crippen LogP contribution in [0.1, 0.15) is 16.8 Å². The summed E-state index contributed by atoms with van der Waals surface area (Å²) in [5, 5.41) is 2.99. The Morgan fingerprint density at radius 2 is 2.04 bits per heavy atom. The molecule has 0 aliphatic rings. The van der Waals surface area contributed by atoms with Gasteiger partial charge in [-0.15, -0.1) is 11.3 Å². The zero-order valence-corrected chi connectivity index (χ0v) is 17.4. The third-order valence-corrected chi connectivity index (χ3v) is 7.04. The maximum Gasteiger partial charge on any atom is 0.248 e. The van der Waals surface area contributed by atoms with E-state index in [1.54, 1.807) is 23.6 Å². The maximum absolute atomic E-state index is 13.4. The van der Waals surface area contributed by atoms with Crippen LogP contribution < -0.4 is 4.90 Å². The lowest BCUT2D eigenvalue weighted by atomic mass is 10.1. The Kier molecular flexibility index (Phi) is 5.59. The fourth-order valence-corrected chi connectivity index (χ4v) is 5.61. The Morgan fingerprint density at radius 3 is 2.67 bits per heavy atom. The summed E-state index contributed by atoms with van der Waals surface area (Å²) in [6.07, 6.45) is 1.38. The zero-order chi connectivity index (χ0) is 19.8. The molecule has 3 aromatic rings. The summed E-state index contributed by atoms with van der Waals surface area (Å²) < 4.78 is 13.7. The molecule has 140 valence electrons. The number of rotatable bonds is 5. The summed E-state index contributed by atoms with van der Waals surface area (Å²) in [4.78, 5) is 25.2. The summed E-state index contributed by atoms with van der Waals surface area (Å²) in [6, 6.07) is 12.7. The molecule has 0 spiro atoms. The molecule has 0 fully saturated rings. The Hall–Kier alpha value is -1.91. The smallest absolute Gasteiger partial charge is 0.248 e. The fraction of sp³-hybridized carbons (Fsp3) is 0.150. The molecule has 4 nitrogen and oxygen atoms in total. The van der Waals surface area contributed by atoms with E-state index < -0.39 is 18.9 Å². The molecular formula is C20H19ClNO3PS. The van der Waals surface area contributed by atoms with Gasteiger partial charge < -0.3 is 4.89 Å². The molecule has 1 amide bonds. The lowest BCUT2D eigenvalue weighted by molar-refractivity contribution is -0.117. The van der Waals surface area contributed by atoms with Crippen molar-refractivity contribution >= 4 is 52.0 Å². The van der Waals surface area contributed by atoms with Crippen molar-refractivity contribution in [1.29, 1.82) is 0 Å². The second-order valence-corrected chi connectivity index (χ2v) is 10.1. The first-order valence-corrected chi connectivity index (χ1v) is 11.6. The van der Waals surface area contributed by atoms with Gasteiger partial charge in [0.05, 0.1) is 5.69 Å². The second-order valence-electron chi connectivity index (χ2n) is 6.35. The van der Waals surface area contributed by atoms with Crippen LogP contribution in [0.2, 0.25) is 5.02 Å². The van der Waals surface area contributed by atoms with Crippen LogP contribution in [0.15, 0.2) is 60.6 Å². The van der Waals surface area contributed by atoms with Crippen molar-refractivity contribution < 1.29 is 14.3 Å². The highest BCUT2D eigenvalue weighted by Gasteiger charge is 2.39. The van der Waals surface area contributed by atoms with Crippen LogP contribution in [0, 0.1) is 6.92 Å². The van der Waals surface area contributed by atoms with Crippen molar-refractivity contribution in [2.24, 2.45) is 0 Å². The highest BCUT2D eigenvalue weighted by molar-refractivity contribution is 7.58. The number of benzene rings is 2. The molecule has 1 N–H and O–H groups in total. The van der Waals surface area contributed by atoms with E-state index >= 15 is 0 Å². The molecular weight excluding hydrogens is 401 g/mol. The molecule has 0 aliphatic carbocycles. The van der Waals surface area contributed by atoms with Gasteiger partial charge in [0.15, 0.2) is 0 Å². The van der Waals surface area contributed by atoms with Gasteiger partial charge in [-0.2, -0.15) is 0 Å². The third-order valence-electron chi connectivity index (χ3n) is 4.37. The van der Waals surface area contributed by atoms with Crippen LogP contribution >= 0.6 is 30.3 Å².